The van der Waals surface area contributed by atoms with Crippen molar-refractivity contribution in [1.29, 1.82) is 0 Å². The number of hydrogen-bond donors (Lipinski definition) is 1. The average molecular weight is 444 g/mol. The van der Waals surface area contributed by atoms with Gasteiger partial charge in [0.15, 0.2) is 0 Å². The Bertz CT molecular complexity index is 696. The number of nitrogens with one attached hydrogen (secondary N) is 1. The standard InChI is InChI=1S/C16H26BrN5OSSi/c1-16(2,3)24(23)20-15(13-8-7-12(17)9-18-13)14-10-22(21-19-14)11-25(4,5)6/h7-10,15,20H,11H2,1-6H3/t15-,24+/m0/s1. The Hall–Kier alpha value is -0.743. The SMILES string of the molecule is CC(C)(C)[S@@+]([O-])N[C@@H](c1ccc(Br)cn1)c1cn(C[Si](C)(C)C)nn1. The summed E-state index contributed by atoms with van der Waals surface area (Å²) in [5.74, 6) is 0. The summed E-state index contributed by atoms with van der Waals surface area (Å²) >= 11 is 2.15. The summed E-state index contributed by atoms with van der Waals surface area (Å²) < 4.78 is 18.2. The zero-order chi connectivity index (χ0) is 18.8. The highest BCUT2D eigenvalue weighted by molar-refractivity contribution is 9.10. The molecule has 0 aliphatic carbocycles. The van der Waals surface area contributed by atoms with Gasteiger partial charge < -0.3 is 4.55 Å². The summed E-state index contributed by atoms with van der Waals surface area (Å²) in [7, 11) is -1.31. The van der Waals surface area contributed by atoms with Gasteiger partial charge in [0.05, 0.1) is 20.0 Å². The van der Waals surface area contributed by atoms with E-state index >= 15 is 0 Å². The van der Waals surface area contributed by atoms with E-state index in [1.54, 1.807) is 6.20 Å². The third kappa shape index (κ3) is 6.17. The van der Waals surface area contributed by atoms with Gasteiger partial charge in [-0.25, -0.2) is 0 Å². The summed E-state index contributed by atoms with van der Waals surface area (Å²) in [4.78, 5) is 4.46. The van der Waals surface area contributed by atoms with Crippen LogP contribution in [0.15, 0.2) is 29.0 Å². The molecule has 9 heteroatoms. The minimum Gasteiger partial charge on any atom is -0.598 e. The predicted molar refractivity (Wildman–Crippen MR) is 108 cm³/mol. The molecule has 0 fully saturated rings. The van der Waals surface area contributed by atoms with Crippen LogP contribution in [0.1, 0.15) is 38.2 Å². The first kappa shape index (κ1) is 20.6. The first-order valence-electron chi connectivity index (χ1n) is 8.15. The van der Waals surface area contributed by atoms with Crippen molar-refractivity contribution in [2.75, 3.05) is 0 Å². The maximum Gasteiger partial charge on any atom is 0.140 e. The molecule has 2 aromatic heterocycles. The molecule has 6 nitrogen and oxygen atoms in total. The molecule has 1 N–H and O–H groups in total. The minimum atomic E-state index is -1.31. The first-order chi connectivity index (χ1) is 11.5. The lowest BCUT2D eigenvalue weighted by atomic mass is 10.1. The van der Waals surface area contributed by atoms with Crippen LogP contribution in [0.5, 0.6) is 0 Å². The van der Waals surface area contributed by atoms with E-state index in [-0.39, 0.29) is 10.8 Å². The molecule has 0 saturated heterocycles. The fourth-order valence-corrected chi connectivity index (χ4v) is 4.29. The van der Waals surface area contributed by atoms with Crippen molar-refractivity contribution in [2.45, 2.75) is 57.4 Å². The quantitative estimate of drug-likeness (QED) is 0.545. The number of hydrogen-bond acceptors (Lipinski definition) is 5. The molecule has 2 atom stereocenters. The van der Waals surface area contributed by atoms with Crippen molar-refractivity contribution < 1.29 is 4.55 Å². The molecule has 2 rings (SSSR count). The Labute approximate surface area is 162 Å². The second kappa shape index (κ2) is 7.87. The van der Waals surface area contributed by atoms with Crippen molar-refractivity contribution in [3.05, 3.63) is 40.4 Å². The number of halogens is 1. The monoisotopic (exact) mass is 443 g/mol. The number of aromatic nitrogens is 4. The summed E-state index contributed by atoms with van der Waals surface area (Å²) in [6.07, 6.45) is 4.55. The molecule has 0 aromatic carbocycles. The number of rotatable bonds is 6. The maximum absolute atomic E-state index is 12.6. The van der Waals surface area contributed by atoms with Crippen molar-refractivity contribution in [2.24, 2.45) is 0 Å². The molecule has 2 aromatic rings. The Morgan fingerprint density at radius 3 is 2.48 bits per heavy atom. The van der Waals surface area contributed by atoms with Gasteiger partial charge in [-0.15, -0.1) is 9.82 Å². The number of nitrogens with zero attached hydrogens (tertiary/aromatic N) is 4. The normalized spacial score (nSPS) is 15.2. The van der Waals surface area contributed by atoms with Crippen LogP contribution in [0.2, 0.25) is 19.6 Å². The smallest absolute Gasteiger partial charge is 0.140 e. The fraction of sp³-hybridized carbons (Fsp3) is 0.562. The van der Waals surface area contributed by atoms with Crippen LogP contribution in [0.25, 0.3) is 0 Å². The summed E-state index contributed by atoms with van der Waals surface area (Å²) in [5.41, 5.74) is 1.49. The topological polar surface area (TPSA) is 78.7 Å². The zero-order valence-electron chi connectivity index (χ0n) is 15.6. The lowest BCUT2D eigenvalue weighted by Gasteiger charge is -2.27. The third-order valence-corrected chi connectivity index (χ3v) is 6.62. The molecule has 25 heavy (non-hydrogen) atoms. The van der Waals surface area contributed by atoms with E-state index < -0.39 is 19.4 Å². The highest BCUT2D eigenvalue weighted by Crippen LogP contribution is 2.24. The summed E-state index contributed by atoms with van der Waals surface area (Å²) in [5, 5.41) is 8.58. The zero-order valence-corrected chi connectivity index (χ0v) is 19.0. The number of pyridine rings is 1. The molecule has 0 saturated carbocycles. The van der Waals surface area contributed by atoms with Crippen molar-refractivity contribution in [3.8, 4) is 0 Å². The molecule has 0 spiro atoms. The van der Waals surface area contributed by atoms with E-state index in [0.717, 1.165) is 22.0 Å². The van der Waals surface area contributed by atoms with Gasteiger partial charge in [0.1, 0.15) is 16.5 Å². The molecule has 0 aliphatic heterocycles. The van der Waals surface area contributed by atoms with Gasteiger partial charge in [-0.05, 0) is 48.8 Å². The Balaban J connectivity index is 2.33. The van der Waals surface area contributed by atoms with Crippen LogP contribution in [0.3, 0.4) is 0 Å². The first-order valence-corrected chi connectivity index (χ1v) is 13.8. The predicted octanol–water partition coefficient (Wildman–Crippen LogP) is 3.45. The molecular weight excluding hydrogens is 418 g/mol. The van der Waals surface area contributed by atoms with Crippen LogP contribution in [0, 0.1) is 0 Å². The van der Waals surface area contributed by atoms with Crippen LogP contribution < -0.4 is 4.72 Å². The second-order valence-corrected chi connectivity index (χ2v) is 16.6. The maximum atomic E-state index is 12.6. The van der Waals surface area contributed by atoms with Crippen molar-refractivity contribution in [3.63, 3.8) is 0 Å². The van der Waals surface area contributed by atoms with Gasteiger partial charge in [0, 0.05) is 28.2 Å². The molecule has 2 heterocycles. The van der Waals surface area contributed by atoms with Gasteiger partial charge in [-0.1, -0.05) is 24.9 Å². The summed E-state index contributed by atoms with van der Waals surface area (Å²) in [6.45, 7) is 12.7. The largest absolute Gasteiger partial charge is 0.598 e. The highest BCUT2D eigenvalue weighted by Gasteiger charge is 2.32. The molecule has 0 bridgehead atoms. The minimum absolute atomic E-state index is 0.372. The van der Waals surface area contributed by atoms with E-state index in [2.05, 4.69) is 55.6 Å². The molecule has 0 aliphatic rings. The Morgan fingerprint density at radius 2 is 1.96 bits per heavy atom. The molecule has 138 valence electrons. The van der Waals surface area contributed by atoms with Gasteiger partial charge >= 0.3 is 0 Å². The summed E-state index contributed by atoms with van der Waals surface area (Å²) in [6, 6.07) is 3.45. The van der Waals surface area contributed by atoms with Gasteiger partial charge in [0.2, 0.25) is 0 Å². The lowest BCUT2D eigenvalue weighted by molar-refractivity contribution is 0.532. The van der Waals surface area contributed by atoms with Gasteiger partial charge in [-0.2, -0.15) is 0 Å². The van der Waals surface area contributed by atoms with E-state index in [4.69, 9.17) is 0 Å². The van der Waals surface area contributed by atoms with Crippen molar-refractivity contribution >= 4 is 35.4 Å². The van der Waals surface area contributed by atoms with Crippen LogP contribution in [-0.2, 0) is 17.5 Å². The third-order valence-electron chi connectivity index (χ3n) is 3.32. The van der Waals surface area contributed by atoms with E-state index in [1.165, 1.54) is 0 Å². The fourth-order valence-electron chi connectivity index (χ4n) is 2.12. The Morgan fingerprint density at radius 1 is 1.28 bits per heavy atom. The van der Waals surface area contributed by atoms with Gasteiger partial charge in [-0.3, -0.25) is 9.67 Å². The lowest BCUT2D eigenvalue weighted by Crippen LogP contribution is -2.42. The second-order valence-electron chi connectivity index (χ2n) is 8.23. The van der Waals surface area contributed by atoms with Crippen LogP contribution in [0.4, 0.5) is 0 Å². The molecule has 0 radical (unpaired) electrons. The van der Waals surface area contributed by atoms with E-state index in [9.17, 15) is 4.55 Å². The van der Waals surface area contributed by atoms with Crippen LogP contribution in [-0.4, -0.2) is 37.4 Å². The van der Waals surface area contributed by atoms with Crippen LogP contribution >= 0.6 is 15.9 Å². The van der Waals surface area contributed by atoms with Gasteiger partial charge in [0.25, 0.3) is 0 Å². The molecule has 0 amide bonds. The highest BCUT2D eigenvalue weighted by atomic mass is 79.9. The molecule has 0 unspecified atom stereocenters. The van der Waals surface area contributed by atoms with E-state index in [0.29, 0.717) is 0 Å². The Kier molecular flexibility index (Phi) is 6.48. The average Bonchev–Trinajstić information content (AvgIpc) is 2.90. The van der Waals surface area contributed by atoms with E-state index in [1.807, 2.05) is 43.8 Å². The van der Waals surface area contributed by atoms with Crippen molar-refractivity contribution in [1.82, 2.24) is 24.7 Å². The molecular formula is C16H26BrN5OSSi.